The molecule has 6 nitrogen and oxygen atoms in total. The third-order valence-electron chi connectivity index (χ3n) is 4.24. The molecule has 3 aromatic carbocycles. The molecule has 1 heterocycles. The van der Waals surface area contributed by atoms with Gasteiger partial charge in [-0.05, 0) is 36.4 Å². The van der Waals surface area contributed by atoms with Crippen LogP contribution in [-0.4, -0.2) is 17.0 Å². The first-order valence-electron chi connectivity index (χ1n) is 8.04. The Kier molecular flexibility index (Phi) is 5.09. The average Bonchev–Trinajstić information content (AvgIpc) is 2.67. The summed E-state index contributed by atoms with van der Waals surface area (Å²) in [6, 6.07) is 20.0. The zero-order valence-corrected chi connectivity index (χ0v) is 15.2. The molecule has 0 fully saturated rings. The molecule has 4 rings (SSSR count). The molecule has 1 aromatic heterocycles. The fourth-order valence-electron chi connectivity index (χ4n) is 2.95. The summed E-state index contributed by atoms with van der Waals surface area (Å²) in [5.41, 5.74) is 3.13. The van der Waals surface area contributed by atoms with Gasteiger partial charge in [-0.15, -0.1) is 12.4 Å². The van der Waals surface area contributed by atoms with E-state index in [0.29, 0.717) is 5.52 Å². The van der Waals surface area contributed by atoms with Crippen molar-refractivity contribution in [3.63, 3.8) is 0 Å². The summed E-state index contributed by atoms with van der Waals surface area (Å²) in [7, 11) is 1.62. The van der Waals surface area contributed by atoms with Crippen LogP contribution in [0.2, 0.25) is 0 Å². The van der Waals surface area contributed by atoms with Crippen molar-refractivity contribution in [3.05, 3.63) is 76.8 Å². The van der Waals surface area contributed by atoms with E-state index >= 15 is 0 Å². The molecule has 4 aromatic rings. The van der Waals surface area contributed by atoms with Crippen LogP contribution in [0.4, 0.5) is 17.1 Å². The highest BCUT2D eigenvalue weighted by Gasteiger charge is 2.13. The van der Waals surface area contributed by atoms with E-state index in [2.05, 4.69) is 10.3 Å². The van der Waals surface area contributed by atoms with Gasteiger partial charge < -0.3 is 10.1 Å². The molecular weight excluding hydrogens is 366 g/mol. The maximum absolute atomic E-state index is 11.1. The van der Waals surface area contributed by atoms with Crippen LogP contribution in [0.1, 0.15) is 0 Å². The van der Waals surface area contributed by atoms with Crippen LogP contribution in [0.25, 0.3) is 21.8 Å². The monoisotopic (exact) mass is 381 g/mol. The van der Waals surface area contributed by atoms with E-state index in [1.54, 1.807) is 13.2 Å². The van der Waals surface area contributed by atoms with Crippen molar-refractivity contribution in [2.75, 3.05) is 12.4 Å². The van der Waals surface area contributed by atoms with Crippen LogP contribution in [0.3, 0.4) is 0 Å². The number of non-ortho nitro benzene ring substituents is 1. The van der Waals surface area contributed by atoms with Gasteiger partial charge in [-0.2, -0.15) is 0 Å². The predicted molar refractivity (Wildman–Crippen MR) is 109 cm³/mol. The van der Waals surface area contributed by atoms with E-state index in [9.17, 15) is 10.1 Å². The standard InChI is InChI=1S/C20H15N3O3.ClH/c1-26-15-9-6-13(7-10-15)21-20-16-4-2-3-5-18(16)22-19-12-14(23(24)25)8-11-17(19)20;/h2-12H,1H3,(H,21,22);1H. The van der Waals surface area contributed by atoms with Crippen LogP contribution in [-0.2, 0) is 0 Å². The Balaban J connectivity index is 0.00000210. The van der Waals surface area contributed by atoms with E-state index in [1.165, 1.54) is 12.1 Å². The van der Waals surface area contributed by atoms with Crippen LogP contribution >= 0.6 is 12.4 Å². The Morgan fingerprint density at radius 3 is 2.37 bits per heavy atom. The summed E-state index contributed by atoms with van der Waals surface area (Å²) in [4.78, 5) is 15.3. The molecule has 0 spiro atoms. The van der Waals surface area contributed by atoms with Gasteiger partial charge in [-0.3, -0.25) is 10.1 Å². The normalized spacial score (nSPS) is 10.4. The Morgan fingerprint density at radius 1 is 0.963 bits per heavy atom. The largest absolute Gasteiger partial charge is 0.497 e. The number of aromatic nitrogens is 1. The van der Waals surface area contributed by atoms with Gasteiger partial charge in [0, 0.05) is 28.6 Å². The summed E-state index contributed by atoms with van der Waals surface area (Å²) in [6.07, 6.45) is 0. The molecule has 27 heavy (non-hydrogen) atoms. The number of benzene rings is 3. The summed E-state index contributed by atoms with van der Waals surface area (Å²) >= 11 is 0. The number of nitrogens with one attached hydrogen (secondary N) is 1. The van der Waals surface area contributed by atoms with Gasteiger partial charge in [0.1, 0.15) is 5.75 Å². The molecule has 0 bridgehead atoms. The Morgan fingerprint density at radius 2 is 1.67 bits per heavy atom. The fourth-order valence-corrected chi connectivity index (χ4v) is 2.95. The summed E-state index contributed by atoms with van der Waals surface area (Å²) < 4.78 is 5.19. The maximum Gasteiger partial charge on any atom is 0.271 e. The highest BCUT2D eigenvalue weighted by atomic mass is 35.5. The first kappa shape index (κ1) is 18.4. The number of ether oxygens (including phenoxy) is 1. The topological polar surface area (TPSA) is 77.3 Å². The number of para-hydroxylation sites is 1. The van der Waals surface area contributed by atoms with Gasteiger partial charge in [0.25, 0.3) is 5.69 Å². The zero-order chi connectivity index (χ0) is 18.1. The molecule has 0 aliphatic carbocycles. The smallest absolute Gasteiger partial charge is 0.271 e. The van der Waals surface area contributed by atoms with Gasteiger partial charge in [0.15, 0.2) is 0 Å². The molecule has 0 saturated heterocycles. The van der Waals surface area contributed by atoms with Crippen molar-refractivity contribution in [2.24, 2.45) is 0 Å². The lowest BCUT2D eigenvalue weighted by atomic mass is 10.1. The number of fused-ring (bicyclic) bond motifs is 2. The first-order chi connectivity index (χ1) is 12.7. The maximum atomic E-state index is 11.1. The number of nitro groups is 1. The Bertz CT molecular complexity index is 1130. The Hall–Kier alpha value is -3.38. The second kappa shape index (κ2) is 7.47. The van der Waals surface area contributed by atoms with Crippen molar-refractivity contribution >= 4 is 51.3 Å². The number of hydrogen-bond donors (Lipinski definition) is 1. The van der Waals surface area contributed by atoms with E-state index in [-0.39, 0.29) is 18.1 Å². The number of hydrogen-bond acceptors (Lipinski definition) is 5. The van der Waals surface area contributed by atoms with Crippen molar-refractivity contribution in [3.8, 4) is 5.75 Å². The molecule has 0 atom stereocenters. The van der Waals surface area contributed by atoms with Crippen LogP contribution in [0, 0.1) is 10.1 Å². The number of pyridine rings is 1. The second-order valence-electron chi connectivity index (χ2n) is 5.82. The van der Waals surface area contributed by atoms with E-state index in [0.717, 1.165) is 33.4 Å². The first-order valence-corrected chi connectivity index (χ1v) is 8.04. The highest BCUT2D eigenvalue weighted by Crippen LogP contribution is 2.34. The van der Waals surface area contributed by atoms with Gasteiger partial charge in [-0.1, -0.05) is 18.2 Å². The van der Waals surface area contributed by atoms with Crippen LogP contribution < -0.4 is 10.1 Å². The fraction of sp³-hybridized carbons (Fsp3) is 0.0500. The lowest BCUT2D eigenvalue weighted by Gasteiger charge is -2.13. The van der Waals surface area contributed by atoms with Gasteiger partial charge in [-0.25, -0.2) is 4.98 Å². The van der Waals surface area contributed by atoms with Crippen LogP contribution in [0.15, 0.2) is 66.7 Å². The van der Waals surface area contributed by atoms with Gasteiger partial charge >= 0.3 is 0 Å². The molecule has 0 saturated carbocycles. The number of nitro benzene ring substituents is 1. The van der Waals surface area contributed by atoms with Gasteiger partial charge in [0.2, 0.25) is 0 Å². The molecular formula is C20H16ClN3O3. The highest BCUT2D eigenvalue weighted by molar-refractivity contribution is 6.09. The third-order valence-corrected chi connectivity index (χ3v) is 4.24. The van der Waals surface area contributed by atoms with Crippen LogP contribution in [0.5, 0.6) is 5.75 Å². The zero-order valence-electron chi connectivity index (χ0n) is 14.4. The molecule has 0 unspecified atom stereocenters. The third kappa shape index (κ3) is 3.47. The minimum Gasteiger partial charge on any atom is -0.497 e. The molecule has 1 N–H and O–H groups in total. The molecule has 0 aliphatic heterocycles. The molecule has 136 valence electrons. The quantitative estimate of drug-likeness (QED) is 0.288. The van der Waals surface area contributed by atoms with E-state index in [1.807, 2.05) is 48.5 Å². The minimum atomic E-state index is -0.410. The van der Waals surface area contributed by atoms with Gasteiger partial charge in [0.05, 0.1) is 28.8 Å². The molecule has 0 amide bonds. The van der Waals surface area contributed by atoms with Crippen molar-refractivity contribution in [1.29, 1.82) is 0 Å². The number of rotatable bonds is 4. The summed E-state index contributed by atoms with van der Waals surface area (Å²) in [6.45, 7) is 0. The predicted octanol–water partition coefficient (Wildman–Crippen LogP) is 5.47. The lowest BCUT2D eigenvalue weighted by molar-refractivity contribution is -0.384. The minimum absolute atomic E-state index is 0. The number of anilines is 2. The number of halogens is 1. The molecule has 0 aliphatic rings. The van der Waals surface area contributed by atoms with E-state index < -0.39 is 4.92 Å². The summed E-state index contributed by atoms with van der Waals surface area (Å²) in [5, 5.41) is 16.3. The number of nitrogens with zero attached hydrogens (tertiary/aromatic N) is 2. The SMILES string of the molecule is COc1ccc(Nc2c3ccccc3nc3cc([N+](=O)[O-])ccc23)cc1.Cl. The molecule has 0 radical (unpaired) electrons. The van der Waals surface area contributed by atoms with Crippen molar-refractivity contribution in [1.82, 2.24) is 4.98 Å². The van der Waals surface area contributed by atoms with E-state index in [4.69, 9.17) is 4.74 Å². The lowest BCUT2D eigenvalue weighted by Crippen LogP contribution is -1.96. The average molecular weight is 382 g/mol. The van der Waals surface area contributed by atoms with Crippen molar-refractivity contribution in [2.45, 2.75) is 0 Å². The second-order valence-corrected chi connectivity index (χ2v) is 5.82. The Labute approximate surface area is 161 Å². The van der Waals surface area contributed by atoms with Crippen molar-refractivity contribution < 1.29 is 9.66 Å². The number of methoxy groups -OCH3 is 1. The summed E-state index contributed by atoms with van der Waals surface area (Å²) in [5.74, 6) is 0.774. The molecule has 7 heteroatoms.